The summed E-state index contributed by atoms with van der Waals surface area (Å²) in [6.45, 7) is 13.8. The van der Waals surface area contributed by atoms with E-state index >= 15 is 0 Å². The van der Waals surface area contributed by atoms with Gasteiger partial charge in [0.1, 0.15) is 5.75 Å². The third-order valence-electron chi connectivity index (χ3n) is 6.46. The van der Waals surface area contributed by atoms with Crippen molar-refractivity contribution in [3.05, 3.63) is 63.0 Å². The second-order valence-corrected chi connectivity index (χ2v) is 9.07. The minimum atomic E-state index is -0.333. The van der Waals surface area contributed by atoms with E-state index in [-0.39, 0.29) is 11.9 Å². The molecule has 1 rings (SSSR count). The highest BCUT2D eigenvalue weighted by Gasteiger charge is 2.15. The van der Waals surface area contributed by atoms with E-state index in [0.29, 0.717) is 12.2 Å². The summed E-state index contributed by atoms with van der Waals surface area (Å²) < 4.78 is 12.7. The van der Waals surface area contributed by atoms with Crippen LogP contribution in [0.1, 0.15) is 93.5 Å². The summed E-state index contributed by atoms with van der Waals surface area (Å²) in [5.74, 6) is 0.288. The molecule has 0 spiro atoms. The molecule has 2 N–H and O–H groups in total. The molecule has 1 aromatic carbocycles. The average Bonchev–Trinajstić information content (AvgIpc) is 2.70. The highest BCUT2D eigenvalue weighted by molar-refractivity contribution is 5.53. The molecule has 0 aliphatic carbocycles. The Morgan fingerprint density at radius 3 is 1.90 bits per heavy atom. The van der Waals surface area contributed by atoms with Gasteiger partial charge < -0.3 is 10.2 Å². The molecule has 0 saturated heterocycles. The molecule has 0 aromatic heterocycles. The molecule has 31 heavy (non-hydrogen) atoms. The maximum absolute atomic E-state index is 12.7. The first-order valence-corrected chi connectivity index (χ1v) is 11.6. The Labute approximate surface area is 189 Å². The fourth-order valence-electron chi connectivity index (χ4n) is 3.99. The summed E-state index contributed by atoms with van der Waals surface area (Å²) in [7, 11) is 0. The van der Waals surface area contributed by atoms with Crippen LogP contribution in [0.2, 0.25) is 0 Å². The number of allylic oxidation sites excluding steroid dienone is 6. The van der Waals surface area contributed by atoms with Crippen molar-refractivity contribution in [1.82, 2.24) is 0 Å². The summed E-state index contributed by atoms with van der Waals surface area (Å²) in [6, 6.07) is 0. The van der Waals surface area contributed by atoms with Gasteiger partial charge in [-0.25, -0.2) is 4.39 Å². The van der Waals surface area contributed by atoms with E-state index < -0.39 is 0 Å². The molecule has 0 bridgehead atoms. The molecule has 0 aliphatic rings. The first-order valence-electron chi connectivity index (χ1n) is 11.6. The summed E-state index contributed by atoms with van der Waals surface area (Å²) in [6.07, 6.45) is 12.6. The SMILES string of the molecule is C/C(F)=C/CC/C(C)=C/CC/C(C)=C/CCC(O)CCc1c(C)c(C)c(C)c(O)c1C. The van der Waals surface area contributed by atoms with Crippen molar-refractivity contribution >= 4 is 0 Å². The molecule has 2 nitrogen and oxygen atoms in total. The number of phenolic OH excluding ortho intramolecular Hbond substituents is 1. The van der Waals surface area contributed by atoms with Crippen molar-refractivity contribution in [2.45, 2.75) is 106 Å². The second kappa shape index (κ2) is 13.5. The Morgan fingerprint density at radius 1 is 0.774 bits per heavy atom. The lowest BCUT2D eigenvalue weighted by molar-refractivity contribution is 0.156. The summed E-state index contributed by atoms with van der Waals surface area (Å²) in [5.41, 5.74) is 8.11. The zero-order valence-electron chi connectivity index (χ0n) is 20.7. The monoisotopic (exact) mass is 430 g/mol. The van der Waals surface area contributed by atoms with Crippen LogP contribution in [0.15, 0.2) is 35.2 Å². The Balaban J connectivity index is 2.42. The molecule has 0 fully saturated rings. The first-order chi connectivity index (χ1) is 14.5. The van der Waals surface area contributed by atoms with Crippen molar-refractivity contribution in [3.63, 3.8) is 0 Å². The van der Waals surface area contributed by atoms with Crippen LogP contribution in [0.3, 0.4) is 0 Å². The molecule has 0 heterocycles. The molecule has 1 atom stereocenters. The lowest BCUT2D eigenvalue weighted by Gasteiger charge is -2.18. The number of rotatable bonds is 12. The predicted octanol–water partition coefficient (Wildman–Crippen LogP) is 8.03. The van der Waals surface area contributed by atoms with Crippen LogP contribution in [-0.2, 0) is 6.42 Å². The van der Waals surface area contributed by atoms with Gasteiger partial charge >= 0.3 is 0 Å². The number of halogens is 1. The molecule has 1 unspecified atom stereocenters. The van der Waals surface area contributed by atoms with Crippen LogP contribution in [-0.4, -0.2) is 16.3 Å². The van der Waals surface area contributed by atoms with Gasteiger partial charge in [0.05, 0.1) is 11.9 Å². The number of hydrogen-bond acceptors (Lipinski definition) is 2. The van der Waals surface area contributed by atoms with Crippen LogP contribution < -0.4 is 0 Å². The van der Waals surface area contributed by atoms with Gasteiger partial charge in [-0.1, -0.05) is 29.4 Å². The fraction of sp³-hybridized carbons (Fsp3) is 0.571. The van der Waals surface area contributed by atoms with Gasteiger partial charge in [0.25, 0.3) is 0 Å². The molecule has 174 valence electrons. The standard InChI is InChI=1S/C28H43FO2/c1-19(13-9-15-21(3)29)11-8-12-20(2)14-10-16-26(30)17-18-27-23(5)22(4)24(6)28(31)25(27)7/h11,14-15,26,30-31H,8-10,12-13,16-18H2,1-7H3/b19-11+,20-14+,21-15-. The molecule has 0 amide bonds. The van der Waals surface area contributed by atoms with E-state index in [1.807, 2.05) is 13.8 Å². The summed E-state index contributed by atoms with van der Waals surface area (Å²) in [4.78, 5) is 0. The van der Waals surface area contributed by atoms with Crippen molar-refractivity contribution in [2.24, 2.45) is 0 Å². The zero-order chi connectivity index (χ0) is 23.6. The summed E-state index contributed by atoms with van der Waals surface area (Å²) >= 11 is 0. The van der Waals surface area contributed by atoms with Gasteiger partial charge in [0, 0.05) is 0 Å². The molecule has 1 aromatic rings. The topological polar surface area (TPSA) is 40.5 Å². The molecular weight excluding hydrogens is 387 g/mol. The first kappa shape index (κ1) is 27.2. The van der Waals surface area contributed by atoms with Gasteiger partial charge in [-0.3, -0.25) is 0 Å². The lowest BCUT2D eigenvalue weighted by Crippen LogP contribution is -2.09. The third kappa shape index (κ3) is 9.43. The van der Waals surface area contributed by atoms with Crippen LogP contribution >= 0.6 is 0 Å². The molecule has 0 saturated carbocycles. The van der Waals surface area contributed by atoms with Gasteiger partial charge in [-0.05, 0) is 128 Å². The number of aliphatic hydroxyl groups is 1. The minimum Gasteiger partial charge on any atom is -0.507 e. The number of benzene rings is 1. The van der Waals surface area contributed by atoms with Gasteiger partial charge in [0.2, 0.25) is 0 Å². The Morgan fingerprint density at radius 2 is 1.32 bits per heavy atom. The van der Waals surface area contributed by atoms with E-state index in [0.717, 1.165) is 61.6 Å². The van der Waals surface area contributed by atoms with E-state index in [9.17, 15) is 14.6 Å². The molecule has 3 heteroatoms. The maximum atomic E-state index is 12.7. The maximum Gasteiger partial charge on any atom is 0.121 e. The third-order valence-corrected chi connectivity index (χ3v) is 6.46. The highest BCUT2D eigenvalue weighted by Crippen LogP contribution is 2.32. The average molecular weight is 431 g/mol. The molecular formula is C28H43FO2. The van der Waals surface area contributed by atoms with Gasteiger partial charge in [-0.2, -0.15) is 0 Å². The Kier molecular flexibility index (Phi) is 11.8. The lowest BCUT2D eigenvalue weighted by atomic mass is 9.89. The Bertz CT molecular complexity index is 782. The van der Waals surface area contributed by atoms with Crippen LogP contribution in [0.4, 0.5) is 4.39 Å². The van der Waals surface area contributed by atoms with Crippen LogP contribution in [0, 0.1) is 27.7 Å². The molecule has 0 radical (unpaired) electrons. The Hall–Kier alpha value is -1.87. The quantitative estimate of drug-likeness (QED) is 0.330. The molecule has 0 aliphatic heterocycles. The predicted molar refractivity (Wildman–Crippen MR) is 131 cm³/mol. The number of aliphatic hydroxyl groups excluding tert-OH is 1. The van der Waals surface area contributed by atoms with Crippen molar-refractivity contribution in [1.29, 1.82) is 0 Å². The van der Waals surface area contributed by atoms with E-state index in [1.165, 1.54) is 29.2 Å². The zero-order valence-corrected chi connectivity index (χ0v) is 20.7. The smallest absolute Gasteiger partial charge is 0.121 e. The van der Waals surface area contributed by atoms with E-state index in [4.69, 9.17) is 0 Å². The van der Waals surface area contributed by atoms with E-state index in [2.05, 4.69) is 39.8 Å². The number of phenols is 1. The van der Waals surface area contributed by atoms with Gasteiger partial charge in [-0.15, -0.1) is 0 Å². The second-order valence-electron chi connectivity index (χ2n) is 9.07. The number of aromatic hydroxyl groups is 1. The van der Waals surface area contributed by atoms with Crippen molar-refractivity contribution < 1.29 is 14.6 Å². The highest BCUT2D eigenvalue weighted by atomic mass is 19.1. The normalized spacial score (nSPS) is 14.3. The van der Waals surface area contributed by atoms with Gasteiger partial charge in [0.15, 0.2) is 0 Å². The minimum absolute atomic E-state index is 0.105. The van der Waals surface area contributed by atoms with Crippen molar-refractivity contribution in [3.8, 4) is 5.75 Å². The fourth-order valence-corrected chi connectivity index (χ4v) is 3.99. The van der Waals surface area contributed by atoms with Crippen LogP contribution in [0.5, 0.6) is 5.75 Å². The van der Waals surface area contributed by atoms with Crippen LogP contribution in [0.25, 0.3) is 0 Å². The number of hydrogen-bond donors (Lipinski definition) is 2. The van der Waals surface area contributed by atoms with E-state index in [1.54, 1.807) is 6.08 Å². The summed E-state index contributed by atoms with van der Waals surface area (Å²) in [5, 5.41) is 20.8. The van der Waals surface area contributed by atoms with Crippen molar-refractivity contribution in [2.75, 3.05) is 0 Å². The largest absolute Gasteiger partial charge is 0.507 e.